The Morgan fingerprint density at radius 1 is 1.38 bits per heavy atom. The number of allylic oxidation sites excluding steroid dienone is 1. The van der Waals surface area contributed by atoms with Crippen molar-refractivity contribution in [3.05, 3.63) is 34.6 Å². The molecule has 110 valence electrons. The molecule has 1 aliphatic rings. The Hall–Kier alpha value is -2.22. The lowest BCUT2D eigenvalue weighted by molar-refractivity contribution is -0.144. The standard InChI is InChI=1S/C12H6ClF3N2O3/c13-8-2-6(12(14,15)16)4-17-9(8)5-1-7(11(20)21)10(19)18-3-5/h1-4,7H,(H,20,21). The van der Waals surface area contributed by atoms with E-state index in [0.717, 1.165) is 12.3 Å². The first-order chi connectivity index (χ1) is 9.70. The number of aliphatic imine (C=N–C) groups is 1. The molecule has 0 radical (unpaired) electrons. The zero-order chi connectivity index (χ0) is 15.8. The number of alkyl halides is 3. The number of hydrogen-bond donors (Lipinski definition) is 1. The maximum atomic E-state index is 12.5. The van der Waals surface area contributed by atoms with Crippen LogP contribution in [0.25, 0.3) is 5.57 Å². The molecule has 5 nitrogen and oxygen atoms in total. The van der Waals surface area contributed by atoms with Crippen LogP contribution in [-0.4, -0.2) is 28.2 Å². The van der Waals surface area contributed by atoms with Crippen LogP contribution in [0.15, 0.2) is 23.3 Å². The molecule has 0 spiro atoms. The fraction of sp³-hybridized carbons (Fsp3) is 0.167. The third-order valence-electron chi connectivity index (χ3n) is 2.65. The molecule has 1 N–H and O–H groups in total. The van der Waals surface area contributed by atoms with E-state index in [2.05, 4.69) is 9.98 Å². The summed E-state index contributed by atoms with van der Waals surface area (Å²) in [4.78, 5) is 29.1. The monoisotopic (exact) mass is 318 g/mol. The van der Waals surface area contributed by atoms with Gasteiger partial charge in [0.05, 0.1) is 16.3 Å². The number of carbonyl (C=O) groups excluding carboxylic acids is 1. The van der Waals surface area contributed by atoms with Crippen molar-refractivity contribution < 1.29 is 27.9 Å². The SMILES string of the molecule is O=C(O)C1C=C(c2ncc(C(F)(F)F)cc2Cl)C=NC1=O. The van der Waals surface area contributed by atoms with Crippen LogP contribution < -0.4 is 0 Å². The number of amides is 1. The van der Waals surface area contributed by atoms with E-state index in [9.17, 15) is 22.8 Å². The summed E-state index contributed by atoms with van der Waals surface area (Å²) in [6.45, 7) is 0. The second-order valence-corrected chi connectivity index (χ2v) is 4.49. The average Bonchev–Trinajstić information content (AvgIpc) is 2.38. The summed E-state index contributed by atoms with van der Waals surface area (Å²) in [7, 11) is 0. The lowest BCUT2D eigenvalue weighted by Crippen LogP contribution is -2.23. The fourth-order valence-electron chi connectivity index (χ4n) is 1.63. The summed E-state index contributed by atoms with van der Waals surface area (Å²) in [6, 6.07) is 0.671. The number of aliphatic carboxylic acids is 1. The van der Waals surface area contributed by atoms with Crippen molar-refractivity contribution in [1.29, 1.82) is 0 Å². The maximum Gasteiger partial charge on any atom is 0.417 e. The zero-order valence-corrected chi connectivity index (χ0v) is 10.8. The summed E-state index contributed by atoms with van der Waals surface area (Å²) in [5.74, 6) is -3.81. The molecule has 1 aromatic rings. The molecule has 9 heteroatoms. The van der Waals surface area contributed by atoms with Crippen molar-refractivity contribution in [2.45, 2.75) is 6.18 Å². The number of dihydropyridines is 1. The van der Waals surface area contributed by atoms with Gasteiger partial charge in [-0.1, -0.05) is 11.6 Å². The van der Waals surface area contributed by atoms with Crippen LogP contribution in [0.2, 0.25) is 5.02 Å². The fourth-order valence-corrected chi connectivity index (χ4v) is 1.91. The van der Waals surface area contributed by atoms with Gasteiger partial charge in [-0.15, -0.1) is 0 Å². The summed E-state index contributed by atoms with van der Waals surface area (Å²) >= 11 is 5.74. The first-order valence-corrected chi connectivity index (χ1v) is 5.83. The van der Waals surface area contributed by atoms with Crippen LogP contribution in [0.3, 0.4) is 0 Å². The lowest BCUT2D eigenvalue weighted by atomic mass is 10.0. The van der Waals surface area contributed by atoms with Gasteiger partial charge in [-0.25, -0.2) is 4.99 Å². The Labute approximate surface area is 120 Å². The van der Waals surface area contributed by atoms with E-state index in [4.69, 9.17) is 16.7 Å². The number of carbonyl (C=O) groups is 2. The highest BCUT2D eigenvalue weighted by Crippen LogP contribution is 2.33. The van der Waals surface area contributed by atoms with Gasteiger partial charge in [0.1, 0.15) is 0 Å². The average molecular weight is 319 g/mol. The predicted molar refractivity (Wildman–Crippen MR) is 66.9 cm³/mol. The Bertz CT molecular complexity index is 683. The molecule has 0 bridgehead atoms. The van der Waals surface area contributed by atoms with Gasteiger partial charge >= 0.3 is 12.1 Å². The van der Waals surface area contributed by atoms with Gasteiger partial charge in [-0.3, -0.25) is 14.6 Å². The topological polar surface area (TPSA) is 79.6 Å². The molecule has 0 aromatic carbocycles. The molecule has 1 aromatic heterocycles. The first kappa shape index (κ1) is 15.2. The summed E-state index contributed by atoms with van der Waals surface area (Å²) in [6.07, 6.45) is -1.96. The Kier molecular flexibility index (Phi) is 3.82. The van der Waals surface area contributed by atoms with Crippen molar-refractivity contribution in [2.24, 2.45) is 10.9 Å². The largest absolute Gasteiger partial charge is 0.480 e. The van der Waals surface area contributed by atoms with Gasteiger partial charge < -0.3 is 5.11 Å². The minimum atomic E-state index is -4.59. The number of halogens is 4. The quantitative estimate of drug-likeness (QED) is 0.849. The van der Waals surface area contributed by atoms with Crippen molar-refractivity contribution in [1.82, 2.24) is 4.98 Å². The van der Waals surface area contributed by atoms with Crippen molar-refractivity contribution in [2.75, 3.05) is 0 Å². The van der Waals surface area contributed by atoms with Crippen molar-refractivity contribution in [3.8, 4) is 0 Å². The van der Waals surface area contributed by atoms with E-state index in [1.165, 1.54) is 0 Å². The van der Waals surface area contributed by atoms with Gasteiger partial charge in [-0.2, -0.15) is 13.2 Å². The maximum absolute atomic E-state index is 12.5. The van der Waals surface area contributed by atoms with Crippen molar-refractivity contribution in [3.63, 3.8) is 0 Å². The second kappa shape index (κ2) is 5.28. The number of carboxylic acids is 1. The molecule has 2 rings (SSSR count). The normalized spacial score (nSPS) is 18.6. The van der Waals surface area contributed by atoms with Gasteiger partial charge in [0.2, 0.25) is 0 Å². The van der Waals surface area contributed by atoms with Gasteiger partial charge in [-0.05, 0) is 12.1 Å². The smallest absolute Gasteiger partial charge is 0.417 e. The predicted octanol–water partition coefficient (Wildman–Crippen LogP) is 2.45. The number of aromatic nitrogens is 1. The number of pyridine rings is 1. The molecular formula is C12H6ClF3N2O3. The van der Waals surface area contributed by atoms with E-state index >= 15 is 0 Å². The molecule has 0 saturated carbocycles. The van der Waals surface area contributed by atoms with E-state index in [1.54, 1.807) is 0 Å². The third-order valence-corrected chi connectivity index (χ3v) is 2.94. The Balaban J connectivity index is 2.43. The second-order valence-electron chi connectivity index (χ2n) is 4.09. The number of carboxylic acid groups (broad SMARTS) is 1. The highest BCUT2D eigenvalue weighted by molar-refractivity contribution is 6.34. The Morgan fingerprint density at radius 2 is 2.05 bits per heavy atom. The van der Waals surface area contributed by atoms with E-state index in [-0.39, 0.29) is 16.3 Å². The minimum Gasteiger partial charge on any atom is -0.480 e. The molecule has 0 saturated heterocycles. The first-order valence-electron chi connectivity index (χ1n) is 5.46. The van der Waals surface area contributed by atoms with Gasteiger partial charge in [0.15, 0.2) is 5.92 Å². The van der Waals surface area contributed by atoms with Crippen LogP contribution in [0.4, 0.5) is 13.2 Å². The molecule has 1 amide bonds. The lowest BCUT2D eigenvalue weighted by Gasteiger charge is -2.13. The minimum absolute atomic E-state index is 0.0701. The van der Waals surface area contributed by atoms with Gasteiger partial charge in [0, 0.05) is 18.0 Å². The molecule has 2 heterocycles. The third kappa shape index (κ3) is 3.10. The van der Waals surface area contributed by atoms with E-state index in [0.29, 0.717) is 12.3 Å². The van der Waals surface area contributed by atoms with Crippen LogP contribution in [0.1, 0.15) is 11.3 Å². The highest BCUT2D eigenvalue weighted by atomic mass is 35.5. The number of hydrogen-bond acceptors (Lipinski definition) is 3. The van der Waals surface area contributed by atoms with Crippen LogP contribution in [0.5, 0.6) is 0 Å². The van der Waals surface area contributed by atoms with Crippen LogP contribution >= 0.6 is 11.6 Å². The Morgan fingerprint density at radius 3 is 2.57 bits per heavy atom. The number of nitrogens with zero attached hydrogens (tertiary/aromatic N) is 2. The van der Waals surface area contributed by atoms with Gasteiger partial charge in [0.25, 0.3) is 5.91 Å². The summed E-state index contributed by atoms with van der Waals surface area (Å²) in [5.41, 5.74) is -1.04. The molecule has 0 fully saturated rings. The van der Waals surface area contributed by atoms with E-state index in [1.807, 2.05) is 0 Å². The van der Waals surface area contributed by atoms with Crippen LogP contribution in [0, 0.1) is 5.92 Å². The molecule has 1 atom stereocenters. The number of rotatable bonds is 2. The zero-order valence-electron chi connectivity index (χ0n) is 10.1. The molecule has 1 unspecified atom stereocenters. The summed E-state index contributed by atoms with van der Waals surface area (Å²) in [5, 5.41) is 8.53. The van der Waals surface area contributed by atoms with Crippen molar-refractivity contribution >= 4 is 35.3 Å². The molecule has 0 aliphatic carbocycles. The molecule has 1 aliphatic heterocycles. The molecular weight excluding hydrogens is 313 g/mol. The summed E-state index contributed by atoms with van der Waals surface area (Å²) < 4.78 is 37.5. The van der Waals surface area contributed by atoms with E-state index < -0.39 is 29.5 Å². The van der Waals surface area contributed by atoms with Crippen LogP contribution in [-0.2, 0) is 15.8 Å². The molecule has 21 heavy (non-hydrogen) atoms. The highest BCUT2D eigenvalue weighted by Gasteiger charge is 2.32.